The first-order chi connectivity index (χ1) is 49.7. The Morgan fingerprint density at radius 2 is 0.558 bits per heavy atom. The van der Waals surface area contributed by atoms with Crippen LogP contribution in [0.4, 0.5) is 0 Å². The zero-order valence-corrected chi connectivity index (χ0v) is 74.5. The maximum atomic E-state index is 6.20. The molecule has 0 unspecified atom stereocenters. The van der Waals surface area contributed by atoms with Crippen molar-refractivity contribution in [3.8, 4) is 22.3 Å². The van der Waals surface area contributed by atoms with E-state index in [2.05, 4.69) is 122 Å². The van der Waals surface area contributed by atoms with E-state index in [4.69, 9.17) is 23.2 Å². The molecule has 0 nitrogen and oxygen atoms in total. The number of hydrogen-bond acceptors (Lipinski definition) is 0. The molecule has 0 radical (unpaired) electrons. The van der Waals surface area contributed by atoms with Crippen LogP contribution in [0.5, 0.6) is 0 Å². The summed E-state index contributed by atoms with van der Waals surface area (Å²) in [5.74, 6) is 0. The third-order valence-electron chi connectivity index (χ3n) is 22.2. The molecule has 0 aromatic heterocycles. The molecule has 0 fully saturated rings. The van der Waals surface area contributed by atoms with Crippen LogP contribution in [0.1, 0.15) is 445 Å². The summed E-state index contributed by atoms with van der Waals surface area (Å²) in [4.78, 5) is 0. The molecule has 0 aliphatic heterocycles. The predicted octanol–water partition coefficient (Wildman–Crippen LogP) is 29.6. The number of rotatable bonds is 60. The molecule has 0 saturated carbocycles. The summed E-state index contributed by atoms with van der Waals surface area (Å²) >= 11 is 14.1. The van der Waals surface area contributed by atoms with Crippen LogP contribution in [0.3, 0.4) is 0 Å². The van der Waals surface area contributed by atoms with Crippen molar-refractivity contribution in [3.05, 3.63) is 124 Å². The Hall–Kier alpha value is -1.86. The maximum absolute atomic E-state index is 6.20. The molecule has 104 heavy (non-hydrogen) atoms. The fraction of sp³-hybridized carbons (Fsp3) is 0.697. The van der Waals surface area contributed by atoms with Crippen LogP contribution in [0, 0.1) is 6.08 Å². The predicted molar refractivity (Wildman–Crippen MR) is 461 cm³/mol. The normalized spacial score (nSPS) is 12.0. The van der Waals surface area contributed by atoms with Crippen LogP contribution in [-0.4, -0.2) is 3.21 Å². The third kappa shape index (κ3) is 48.0. The molecule has 0 spiro atoms. The van der Waals surface area contributed by atoms with Crippen molar-refractivity contribution < 1.29 is 49.0 Å². The molecular weight excluding hydrogens is 1420 g/mol. The summed E-state index contributed by atoms with van der Waals surface area (Å²) in [7, 11) is 0. The Balaban J connectivity index is 0.000000724. The van der Waals surface area contributed by atoms with Gasteiger partial charge in [-0.25, -0.2) is 12.2 Å². The van der Waals surface area contributed by atoms with Crippen molar-refractivity contribution in [2.75, 3.05) is 0 Å². The summed E-state index contributed by atoms with van der Waals surface area (Å²) in [5, 5.41) is 6.69. The molecule has 0 saturated heterocycles. The first-order valence-corrected chi connectivity index (χ1v) is 46.2. The number of unbranched alkanes of at least 4 members (excludes halogenated alkanes) is 54. The van der Waals surface area contributed by atoms with Crippen molar-refractivity contribution in [2.24, 2.45) is 0 Å². The van der Waals surface area contributed by atoms with Gasteiger partial charge in [-0.15, -0.1) is 46.2 Å². The molecule has 1 aliphatic carbocycles. The van der Waals surface area contributed by atoms with Crippen molar-refractivity contribution in [1.29, 1.82) is 0 Å². The van der Waals surface area contributed by atoms with Gasteiger partial charge in [-0.05, 0) is 68.5 Å². The molecule has 0 amide bonds. The number of halogens is 4. The van der Waals surface area contributed by atoms with Crippen LogP contribution in [0.25, 0.3) is 43.8 Å². The second-order valence-electron chi connectivity index (χ2n) is 33.8. The second kappa shape index (κ2) is 64.8. The van der Waals surface area contributed by atoms with Crippen LogP contribution in [0.2, 0.25) is 10.0 Å². The minimum atomic E-state index is 0. The SMILES string of the molecule is CC(C)(C)c1cc2c(cc1-c1ccc(Cl)cc1)[cH-]c1cc(-c3ccc(Cl)cc3)c(C(C)(C)C)cc12.CCCCCCCCCCCCCCCCCCCCCCCCCCCCCC[C](=[Zr+2])CCCCCCCCCCCCCCCCCCCCCCCCCCCCCC.[C-]1=CC=CC1.[Cl-].[Cl-]. The molecule has 588 valence electrons. The van der Waals surface area contributed by atoms with Gasteiger partial charge in [0.15, 0.2) is 0 Å². The van der Waals surface area contributed by atoms with Gasteiger partial charge in [-0.1, -0.05) is 346 Å². The summed E-state index contributed by atoms with van der Waals surface area (Å²) in [6, 6.07) is 28.3. The van der Waals surface area contributed by atoms with E-state index in [1.807, 2.05) is 39.6 Å². The van der Waals surface area contributed by atoms with E-state index in [-0.39, 0.29) is 35.6 Å². The summed E-state index contributed by atoms with van der Waals surface area (Å²) in [6.07, 6.45) is 96.1. The van der Waals surface area contributed by atoms with Crippen LogP contribution >= 0.6 is 23.2 Å². The van der Waals surface area contributed by atoms with Gasteiger partial charge in [0.25, 0.3) is 0 Å². The van der Waals surface area contributed by atoms with E-state index < -0.39 is 0 Å². The van der Waals surface area contributed by atoms with E-state index in [1.54, 1.807) is 24.2 Å². The van der Waals surface area contributed by atoms with Gasteiger partial charge in [-0.3, -0.25) is 6.08 Å². The van der Waals surface area contributed by atoms with Crippen LogP contribution in [-0.2, 0) is 35.1 Å². The van der Waals surface area contributed by atoms with E-state index in [0.29, 0.717) is 0 Å². The van der Waals surface area contributed by atoms with Gasteiger partial charge < -0.3 is 24.8 Å². The summed E-state index contributed by atoms with van der Waals surface area (Å²) in [6.45, 7) is 18.4. The van der Waals surface area contributed by atoms with Gasteiger partial charge in [0.1, 0.15) is 0 Å². The zero-order valence-electron chi connectivity index (χ0n) is 69.0. The van der Waals surface area contributed by atoms with E-state index in [0.717, 1.165) is 16.5 Å². The van der Waals surface area contributed by atoms with Crippen molar-refractivity contribution in [3.63, 3.8) is 0 Å². The molecule has 5 aromatic carbocycles. The second-order valence-corrected chi connectivity index (χ2v) is 36.4. The van der Waals surface area contributed by atoms with Crippen molar-refractivity contribution >= 4 is 48.0 Å². The van der Waals surface area contributed by atoms with Gasteiger partial charge in [-0.2, -0.15) is 6.08 Å². The first kappa shape index (κ1) is 98.2. The number of hydrogen-bond donors (Lipinski definition) is 0. The average molecular weight is 1580 g/mol. The first-order valence-electron chi connectivity index (χ1n) is 44.2. The Bertz CT molecular complexity index is 2660. The summed E-state index contributed by atoms with van der Waals surface area (Å²) in [5.41, 5.74) is 7.63. The van der Waals surface area contributed by atoms with Crippen LogP contribution < -0.4 is 24.8 Å². The molecule has 1 aliphatic rings. The van der Waals surface area contributed by atoms with Gasteiger partial charge in [0, 0.05) is 10.0 Å². The standard InChI is InChI=1S/C61H122.C33H31Cl2.C5H5.2ClH.Zr/c1-3-5-7-9-11-13-15-17-19-21-23-25-27-29-31-33-35-37-39-41-43-45-47-49-51-53-55-57-59-61-60-58-56-54-52-50-48-46-44-42-40-38-36-34-32-30-28-26-24-22-20-18-16-14-12-10-8-6-4-2;1-32(2,3)30-18-26-22(16-28(30)20-7-11-24(34)12-8-20)15-23-17-29(21-9-13-25(35)14-10-21)31(19-27(23)26)33(4,5)6;1-2-4-5-3-1;;;/h3-60H2,1-2H3;7-19H,1-6H3;1-3H,4H2;2*1H;/q;2*-1;;;+2/p-2. The molecule has 0 atom stereocenters. The fourth-order valence-corrected chi connectivity index (χ4v) is 16.7. The summed E-state index contributed by atoms with van der Waals surface area (Å²) < 4.78 is 1.88. The Morgan fingerprint density at radius 3 is 0.740 bits per heavy atom. The average Bonchev–Trinajstić information content (AvgIpc) is 1.56. The van der Waals surface area contributed by atoms with E-state index in [9.17, 15) is 0 Å². The molecule has 5 aromatic rings. The molecule has 0 N–H and O–H groups in total. The number of allylic oxidation sites excluding steroid dienone is 4. The van der Waals surface area contributed by atoms with Gasteiger partial charge >= 0.3 is 169 Å². The molecular formula is C99H158Cl4Zr-2. The third-order valence-corrected chi connectivity index (χ3v) is 23.9. The van der Waals surface area contributed by atoms with Gasteiger partial charge in [0.05, 0.1) is 0 Å². The van der Waals surface area contributed by atoms with Crippen LogP contribution in [0.15, 0.2) is 97.1 Å². The Morgan fingerprint density at radius 1 is 0.337 bits per heavy atom. The molecule has 5 heteroatoms. The molecule has 0 bridgehead atoms. The van der Waals surface area contributed by atoms with Crippen molar-refractivity contribution in [1.82, 2.24) is 0 Å². The topological polar surface area (TPSA) is 0 Å². The Labute approximate surface area is 683 Å². The van der Waals surface area contributed by atoms with Crippen molar-refractivity contribution in [2.45, 2.75) is 445 Å². The molecule has 6 rings (SSSR count). The fourth-order valence-electron chi connectivity index (χ4n) is 15.6. The zero-order chi connectivity index (χ0) is 73.2. The number of fused-ring (bicyclic) bond motifs is 3. The monoisotopic (exact) mass is 1580 g/mol. The smallest absolute Gasteiger partial charge is 1.00 e. The Kier molecular flexibility index (Phi) is 61.2. The number of benzene rings is 4. The van der Waals surface area contributed by atoms with E-state index >= 15 is 0 Å². The van der Waals surface area contributed by atoms with Gasteiger partial charge in [0.2, 0.25) is 0 Å². The quantitative estimate of drug-likeness (QED) is 0.0269. The van der Waals surface area contributed by atoms with E-state index in [1.165, 1.54) is 427 Å². The minimum absolute atomic E-state index is 0. The molecule has 0 heterocycles. The minimum Gasteiger partial charge on any atom is -1.00 e.